The van der Waals surface area contributed by atoms with Gasteiger partial charge in [-0.25, -0.2) is 18.4 Å². The van der Waals surface area contributed by atoms with Gasteiger partial charge in [-0.1, -0.05) is 25.1 Å². The largest absolute Gasteiger partial charge is 0.497 e. The number of rotatable bonds is 13. The van der Waals surface area contributed by atoms with Gasteiger partial charge in [-0.15, -0.1) is 0 Å². The summed E-state index contributed by atoms with van der Waals surface area (Å²) in [6.07, 6.45) is 0. The second-order valence-corrected chi connectivity index (χ2v) is 10.6. The van der Waals surface area contributed by atoms with Crippen LogP contribution in [0.3, 0.4) is 0 Å². The number of methoxy groups -OCH3 is 2. The Bertz CT molecular complexity index is 1610. The van der Waals surface area contributed by atoms with Crippen molar-refractivity contribution in [1.82, 2.24) is 14.9 Å². The summed E-state index contributed by atoms with van der Waals surface area (Å²) in [5, 5.41) is 15.0. The van der Waals surface area contributed by atoms with Crippen molar-refractivity contribution in [1.29, 1.82) is 0 Å². The summed E-state index contributed by atoms with van der Waals surface area (Å²) in [5.74, 6) is 0.863. The molecule has 3 aromatic carbocycles. The van der Waals surface area contributed by atoms with Crippen LogP contribution >= 0.6 is 0 Å². The number of aliphatic hydroxyl groups is 1. The standard InChI is InChI=1S/C28H32N6O6S/c1-4-34(12-13-35)18-26(36)29-19-8-7-9-23(16-19)41(37,38)33-28-27(31-24-10-5-6-11-25(24)32-28)30-20-14-21(39-2)17-22(15-20)40-3/h5-11,14-17,35H,4,12-13,18H2,1-3H3,(H,29,36)(H,30,31)(H,32,33). The number of carbonyl (C=O) groups excluding carboxylic acids is 1. The van der Waals surface area contributed by atoms with E-state index >= 15 is 0 Å². The second-order valence-electron chi connectivity index (χ2n) is 8.91. The Morgan fingerprint density at radius 1 is 0.902 bits per heavy atom. The number of aliphatic hydroxyl groups excluding tert-OH is 1. The van der Waals surface area contributed by atoms with Crippen molar-refractivity contribution in [3.63, 3.8) is 0 Å². The fraction of sp³-hybridized carbons (Fsp3) is 0.250. The molecule has 0 radical (unpaired) electrons. The Kier molecular flexibility index (Phi) is 9.55. The predicted molar refractivity (Wildman–Crippen MR) is 157 cm³/mol. The Labute approximate surface area is 238 Å². The quantitative estimate of drug-likeness (QED) is 0.185. The molecule has 0 fully saturated rings. The Morgan fingerprint density at radius 2 is 1.56 bits per heavy atom. The molecule has 13 heteroatoms. The SMILES string of the molecule is CCN(CCO)CC(=O)Nc1cccc(S(=O)(=O)Nc2nc3ccccc3nc2Nc2cc(OC)cc(OC)c2)c1. The highest BCUT2D eigenvalue weighted by atomic mass is 32.2. The highest BCUT2D eigenvalue weighted by Crippen LogP contribution is 2.31. The molecule has 4 rings (SSSR count). The van der Waals surface area contributed by atoms with Gasteiger partial charge in [0.25, 0.3) is 10.0 Å². The van der Waals surface area contributed by atoms with Crippen LogP contribution in [0, 0.1) is 0 Å². The number of amides is 1. The number of nitrogens with zero attached hydrogens (tertiary/aromatic N) is 3. The molecular formula is C28H32N6O6S. The monoisotopic (exact) mass is 580 g/mol. The van der Waals surface area contributed by atoms with E-state index < -0.39 is 10.0 Å². The molecule has 0 atom stereocenters. The maximum absolute atomic E-state index is 13.5. The van der Waals surface area contributed by atoms with Crippen molar-refractivity contribution in [2.75, 3.05) is 55.8 Å². The fourth-order valence-corrected chi connectivity index (χ4v) is 5.05. The van der Waals surface area contributed by atoms with Gasteiger partial charge in [0.05, 0.1) is 43.3 Å². The molecule has 0 saturated heterocycles. The lowest BCUT2D eigenvalue weighted by molar-refractivity contribution is -0.117. The molecule has 0 saturated carbocycles. The number of para-hydroxylation sites is 2. The summed E-state index contributed by atoms with van der Waals surface area (Å²) < 4.78 is 40.2. The molecule has 41 heavy (non-hydrogen) atoms. The highest BCUT2D eigenvalue weighted by molar-refractivity contribution is 7.92. The minimum atomic E-state index is -4.15. The number of benzene rings is 3. The van der Waals surface area contributed by atoms with E-state index in [-0.39, 0.29) is 35.6 Å². The normalized spacial score (nSPS) is 11.3. The zero-order chi connectivity index (χ0) is 29.4. The van der Waals surface area contributed by atoms with E-state index in [9.17, 15) is 13.2 Å². The lowest BCUT2D eigenvalue weighted by atomic mass is 10.2. The third kappa shape index (κ3) is 7.60. The molecule has 12 nitrogen and oxygen atoms in total. The van der Waals surface area contributed by atoms with E-state index in [1.165, 1.54) is 32.4 Å². The molecule has 0 aliphatic heterocycles. The molecule has 0 aliphatic carbocycles. The predicted octanol–water partition coefficient (Wildman–Crippen LogP) is 3.44. The van der Waals surface area contributed by atoms with Gasteiger partial charge in [0.2, 0.25) is 5.91 Å². The number of hydrogen-bond donors (Lipinski definition) is 4. The van der Waals surface area contributed by atoms with Crippen molar-refractivity contribution < 1.29 is 27.8 Å². The molecule has 0 unspecified atom stereocenters. The third-order valence-electron chi connectivity index (χ3n) is 6.07. The number of ether oxygens (including phenoxy) is 2. The minimum absolute atomic E-state index is 0.0254. The van der Waals surface area contributed by atoms with Gasteiger partial charge in [-0.05, 0) is 36.9 Å². The molecule has 0 aliphatic rings. The van der Waals surface area contributed by atoms with E-state index in [1.807, 2.05) is 13.0 Å². The number of nitrogens with one attached hydrogen (secondary N) is 3. The average Bonchev–Trinajstić information content (AvgIpc) is 2.97. The topological polar surface area (TPSA) is 155 Å². The molecule has 216 valence electrons. The van der Waals surface area contributed by atoms with Gasteiger partial charge in [0, 0.05) is 36.1 Å². The number of anilines is 4. The summed E-state index contributed by atoms with van der Waals surface area (Å²) in [5.41, 5.74) is 1.89. The van der Waals surface area contributed by atoms with E-state index in [1.54, 1.807) is 47.4 Å². The van der Waals surface area contributed by atoms with E-state index in [0.29, 0.717) is 47.0 Å². The zero-order valence-corrected chi connectivity index (χ0v) is 23.7. The smallest absolute Gasteiger partial charge is 0.263 e. The van der Waals surface area contributed by atoms with Crippen LogP contribution in [0.15, 0.2) is 71.6 Å². The van der Waals surface area contributed by atoms with Gasteiger partial charge in [0.1, 0.15) is 11.5 Å². The second kappa shape index (κ2) is 13.3. The van der Waals surface area contributed by atoms with Crippen LogP contribution in [0.2, 0.25) is 0 Å². The maximum Gasteiger partial charge on any atom is 0.263 e. The number of aromatic nitrogens is 2. The van der Waals surface area contributed by atoms with Crippen LogP contribution in [0.25, 0.3) is 11.0 Å². The molecule has 4 aromatic rings. The number of sulfonamides is 1. The molecule has 1 aromatic heterocycles. The molecule has 1 amide bonds. The molecule has 0 bridgehead atoms. The Morgan fingerprint density at radius 3 is 2.17 bits per heavy atom. The number of fused-ring (bicyclic) bond motifs is 1. The van der Waals surface area contributed by atoms with Gasteiger partial charge in [-0.3, -0.25) is 14.4 Å². The van der Waals surface area contributed by atoms with Crippen molar-refractivity contribution in [2.24, 2.45) is 0 Å². The lowest BCUT2D eigenvalue weighted by Gasteiger charge is -2.18. The van der Waals surface area contributed by atoms with Crippen molar-refractivity contribution in [2.45, 2.75) is 11.8 Å². The average molecular weight is 581 g/mol. The first-order valence-corrected chi connectivity index (χ1v) is 14.3. The van der Waals surface area contributed by atoms with Crippen LogP contribution in [0.1, 0.15) is 6.92 Å². The molecule has 4 N–H and O–H groups in total. The number of likely N-dealkylation sites (N-methyl/N-ethyl adjacent to an activating group) is 1. The number of hydrogen-bond acceptors (Lipinski definition) is 10. The van der Waals surface area contributed by atoms with Gasteiger partial charge >= 0.3 is 0 Å². The van der Waals surface area contributed by atoms with E-state index in [0.717, 1.165) is 0 Å². The molecule has 1 heterocycles. The maximum atomic E-state index is 13.5. The lowest BCUT2D eigenvalue weighted by Crippen LogP contribution is -2.35. The summed E-state index contributed by atoms with van der Waals surface area (Å²) in [6.45, 7) is 2.81. The first kappa shape index (κ1) is 29.5. The van der Waals surface area contributed by atoms with Crippen LogP contribution in [0.5, 0.6) is 11.5 Å². The molecule has 0 spiro atoms. The van der Waals surface area contributed by atoms with Crippen LogP contribution in [0.4, 0.5) is 23.0 Å². The van der Waals surface area contributed by atoms with Crippen LogP contribution in [-0.2, 0) is 14.8 Å². The first-order valence-electron chi connectivity index (χ1n) is 12.8. The minimum Gasteiger partial charge on any atom is -0.497 e. The summed E-state index contributed by atoms with van der Waals surface area (Å²) in [4.78, 5) is 23.3. The Hall–Kier alpha value is -4.46. The van der Waals surface area contributed by atoms with Gasteiger partial charge < -0.3 is 25.2 Å². The van der Waals surface area contributed by atoms with Gasteiger partial charge in [-0.2, -0.15) is 0 Å². The van der Waals surface area contributed by atoms with Crippen molar-refractivity contribution in [3.8, 4) is 11.5 Å². The van der Waals surface area contributed by atoms with Crippen LogP contribution in [-0.4, -0.2) is 74.8 Å². The van der Waals surface area contributed by atoms with Gasteiger partial charge in [0.15, 0.2) is 11.6 Å². The fourth-order valence-electron chi connectivity index (χ4n) is 4.00. The van der Waals surface area contributed by atoms with Crippen molar-refractivity contribution >= 4 is 50.0 Å². The third-order valence-corrected chi connectivity index (χ3v) is 7.41. The van der Waals surface area contributed by atoms with E-state index in [4.69, 9.17) is 14.6 Å². The first-order chi connectivity index (χ1) is 19.7. The summed E-state index contributed by atoms with van der Waals surface area (Å²) >= 11 is 0. The van der Waals surface area contributed by atoms with Crippen LogP contribution < -0.4 is 24.8 Å². The van der Waals surface area contributed by atoms with Crippen molar-refractivity contribution in [3.05, 3.63) is 66.7 Å². The summed E-state index contributed by atoms with van der Waals surface area (Å²) in [6, 6.07) is 18.1. The Balaban J connectivity index is 1.63. The highest BCUT2D eigenvalue weighted by Gasteiger charge is 2.20. The van der Waals surface area contributed by atoms with E-state index in [2.05, 4.69) is 25.3 Å². The summed E-state index contributed by atoms with van der Waals surface area (Å²) in [7, 11) is -1.10. The molecular weight excluding hydrogens is 548 g/mol. The zero-order valence-electron chi connectivity index (χ0n) is 22.9. The number of carbonyl (C=O) groups is 1.